The number of fused-ring (bicyclic) bond motifs is 4. The fourth-order valence-electron chi connectivity index (χ4n) is 4.59. The molecule has 6 aromatic rings. The minimum absolute atomic E-state index is 0.100. The molecule has 6 rings (SSSR count). The van der Waals surface area contributed by atoms with Crippen LogP contribution >= 0.6 is 0 Å². The van der Waals surface area contributed by atoms with Crippen LogP contribution in [0.4, 0.5) is 0 Å². The zero-order valence-corrected chi connectivity index (χ0v) is 20.1. The molecule has 0 atom stereocenters. The van der Waals surface area contributed by atoms with Gasteiger partial charge in [0.05, 0.1) is 23.8 Å². The van der Waals surface area contributed by atoms with Gasteiger partial charge in [0, 0.05) is 13.3 Å². The SMILES string of the molecule is Cc1ccccc1C=Nn1c2nc3ccccc3nc2c2c(=O)n(CCc3ccccc3)c(C)[nH+]c21. The second-order valence-electron chi connectivity index (χ2n) is 8.92. The first-order valence-electron chi connectivity index (χ1n) is 12.0. The lowest BCUT2D eigenvalue weighted by molar-refractivity contribution is -0.368. The molecule has 3 aromatic heterocycles. The molecule has 0 bridgehead atoms. The average Bonchev–Trinajstić information content (AvgIpc) is 3.19. The van der Waals surface area contributed by atoms with Crippen molar-refractivity contribution in [3.8, 4) is 0 Å². The molecule has 7 nitrogen and oxygen atoms in total. The maximum atomic E-state index is 13.9. The quantitative estimate of drug-likeness (QED) is 0.347. The lowest BCUT2D eigenvalue weighted by atomic mass is 10.1. The number of nitrogens with zero attached hydrogens (tertiary/aromatic N) is 5. The van der Waals surface area contributed by atoms with Crippen LogP contribution in [0.5, 0.6) is 0 Å². The van der Waals surface area contributed by atoms with E-state index >= 15 is 0 Å². The molecule has 0 saturated heterocycles. The molecule has 0 amide bonds. The molecule has 0 aliphatic carbocycles. The van der Waals surface area contributed by atoms with Crippen molar-refractivity contribution in [3.63, 3.8) is 0 Å². The molecule has 0 spiro atoms. The number of aryl methyl sites for hydroxylation is 3. The Morgan fingerprint density at radius 3 is 2.36 bits per heavy atom. The Morgan fingerprint density at radius 1 is 0.889 bits per heavy atom. The van der Waals surface area contributed by atoms with E-state index in [-0.39, 0.29) is 5.56 Å². The van der Waals surface area contributed by atoms with Gasteiger partial charge in [-0.05, 0) is 35.7 Å². The standard InChI is InChI=1S/C29H24N6O/c1-19-10-6-7-13-22(19)18-30-35-27-25(26-28(35)33-24-15-9-8-14-23(24)32-26)29(36)34(20(2)31-27)17-16-21-11-4-3-5-12-21/h3-15,18H,16-17H2,1-2H3/p+1. The fourth-order valence-corrected chi connectivity index (χ4v) is 4.59. The Labute approximate surface area is 207 Å². The summed E-state index contributed by atoms with van der Waals surface area (Å²) < 4.78 is 3.48. The van der Waals surface area contributed by atoms with Crippen LogP contribution in [0.25, 0.3) is 33.2 Å². The monoisotopic (exact) mass is 473 g/mol. The van der Waals surface area contributed by atoms with Crippen molar-refractivity contribution in [2.24, 2.45) is 5.10 Å². The van der Waals surface area contributed by atoms with Gasteiger partial charge < -0.3 is 0 Å². The first kappa shape index (κ1) is 21.9. The number of para-hydroxylation sites is 2. The van der Waals surface area contributed by atoms with E-state index in [1.54, 1.807) is 15.5 Å². The van der Waals surface area contributed by atoms with Crippen LogP contribution in [-0.2, 0) is 13.0 Å². The van der Waals surface area contributed by atoms with Crippen LogP contribution < -0.4 is 10.5 Å². The van der Waals surface area contributed by atoms with Crippen molar-refractivity contribution in [3.05, 3.63) is 112 Å². The number of aromatic amines is 1. The van der Waals surface area contributed by atoms with E-state index in [4.69, 9.17) is 15.1 Å². The minimum atomic E-state index is -0.100. The zero-order valence-electron chi connectivity index (χ0n) is 20.1. The largest absolute Gasteiger partial charge is 0.323 e. The summed E-state index contributed by atoms with van der Waals surface area (Å²) in [6.07, 6.45) is 2.55. The van der Waals surface area contributed by atoms with E-state index in [0.29, 0.717) is 28.7 Å². The number of hydrogen-bond donors (Lipinski definition) is 0. The molecule has 176 valence electrons. The Kier molecular flexibility index (Phi) is 5.37. The van der Waals surface area contributed by atoms with Crippen molar-refractivity contribution in [2.45, 2.75) is 26.8 Å². The number of benzene rings is 3. The smallest absolute Gasteiger partial charge is 0.250 e. The predicted molar refractivity (Wildman–Crippen MR) is 142 cm³/mol. The molecular weight excluding hydrogens is 448 g/mol. The van der Waals surface area contributed by atoms with Crippen LogP contribution in [0, 0.1) is 13.8 Å². The second-order valence-corrected chi connectivity index (χ2v) is 8.92. The Bertz CT molecular complexity index is 1830. The molecule has 1 N–H and O–H groups in total. The van der Waals surface area contributed by atoms with Gasteiger partial charge in [0.25, 0.3) is 5.65 Å². The average molecular weight is 474 g/mol. The van der Waals surface area contributed by atoms with Crippen molar-refractivity contribution in [1.29, 1.82) is 0 Å². The van der Waals surface area contributed by atoms with E-state index in [9.17, 15) is 4.79 Å². The Balaban J connectivity index is 1.59. The predicted octanol–water partition coefficient (Wildman–Crippen LogP) is 4.46. The second kappa shape index (κ2) is 8.85. The molecule has 36 heavy (non-hydrogen) atoms. The summed E-state index contributed by atoms with van der Waals surface area (Å²) in [6.45, 7) is 4.51. The van der Waals surface area contributed by atoms with Crippen LogP contribution in [0.1, 0.15) is 22.5 Å². The lowest BCUT2D eigenvalue weighted by Crippen LogP contribution is -2.31. The highest BCUT2D eigenvalue weighted by molar-refractivity contribution is 6.03. The summed E-state index contributed by atoms with van der Waals surface area (Å²) in [5.74, 6) is 0.753. The minimum Gasteiger partial charge on any atom is -0.250 e. The zero-order chi connectivity index (χ0) is 24.6. The normalized spacial score (nSPS) is 11.8. The fraction of sp³-hybridized carbons (Fsp3) is 0.138. The van der Waals surface area contributed by atoms with E-state index in [2.05, 4.69) is 17.1 Å². The molecule has 7 heteroatoms. The van der Waals surface area contributed by atoms with Crippen LogP contribution in [-0.4, -0.2) is 25.4 Å². The first-order chi connectivity index (χ1) is 17.6. The summed E-state index contributed by atoms with van der Waals surface area (Å²) in [5, 5.41) is 5.27. The third-order valence-corrected chi connectivity index (χ3v) is 6.57. The van der Waals surface area contributed by atoms with Crippen molar-refractivity contribution >= 4 is 39.4 Å². The summed E-state index contributed by atoms with van der Waals surface area (Å²) in [6, 6.07) is 25.9. The number of nitrogens with one attached hydrogen (secondary N) is 1. The molecule has 3 aromatic carbocycles. The van der Waals surface area contributed by atoms with E-state index in [1.807, 2.05) is 80.6 Å². The number of aromatic nitrogens is 5. The van der Waals surface area contributed by atoms with Crippen LogP contribution in [0.15, 0.2) is 88.8 Å². The van der Waals surface area contributed by atoms with E-state index in [1.165, 1.54) is 5.56 Å². The molecule has 0 fully saturated rings. The van der Waals surface area contributed by atoms with E-state index < -0.39 is 0 Å². The van der Waals surface area contributed by atoms with Gasteiger partial charge in [0.2, 0.25) is 11.5 Å². The first-order valence-corrected chi connectivity index (χ1v) is 12.0. The molecular formula is C29H25N6O+. The summed E-state index contributed by atoms with van der Waals surface area (Å²) in [5.41, 5.74) is 6.35. The summed E-state index contributed by atoms with van der Waals surface area (Å²) >= 11 is 0. The molecule has 0 saturated carbocycles. The molecule has 0 radical (unpaired) electrons. The number of H-pyrrole nitrogens is 1. The van der Waals surface area contributed by atoms with Crippen molar-refractivity contribution in [1.82, 2.24) is 19.2 Å². The molecule has 0 aliphatic heterocycles. The van der Waals surface area contributed by atoms with Crippen molar-refractivity contribution < 1.29 is 4.98 Å². The third kappa shape index (κ3) is 3.75. The highest BCUT2D eigenvalue weighted by Gasteiger charge is 2.26. The van der Waals surface area contributed by atoms with E-state index in [0.717, 1.165) is 34.4 Å². The van der Waals surface area contributed by atoms with Crippen LogP contribution in [0.2, 0.25) is 0 Å². The highest BCUT2D eigenvalue weighted by Crippen LogP contribution is 2.24. The van der Waals surface area contributed by atoms with Gasteiger partial charge in [0.1, 0.15) is 5.52 Å². The van der Waals surface area contributed by atoms with Gasteiger partial charge in [-0.15, -0.1) is 9.78 Å². The summed E-state index contributed by atoms with van der Waals surface area (Å²) in [7, 11) is 0. The van der Waals surface area contributed by atoms with Crippen molar-refractivity contribution in [2.75, 3.05) is 0 Å². The van der Waals surface area contributed by atoms with Gasteiger partial charge in [-0.2, -0.15) is 0 Å². The molecule has 3 heterocycles. The van der Waals surface area contributed by atoms with Crippen LogP contribution in [0.3, 0.4) is 0 Å². The number of rotatable bonds is 5. The van der Waals surface area contributed by atoms with Gasteiger partial charge in [0.15, 0.2) is 5.39 Å². The molecule has 0 aliphatic rings. The topological polar surface area (TPSA) is 79.2 Å². The maximum Gasteiger partial charge on any atom is 0.323 e. The lowest BCUT2D eigenvalue weighted by Gasteiger charge is -2.05. The van der Waals surface area contributed by atoms with Gasteiger partial charge >= 0.3 is 5.56 Å². The molecule has 0 unspecified atom stereocenters. The highest BCUT2D eigenvalue weighted by atomic mass is 16.1. The van der Waals surface area contributed by atoms with Gasteiger partial charge in [-0.1, -0.05) is 66.7 Å². The Hall–Kier alpha value is -4.65. The Morgan fingerprint density at radius 2 is 1.58 bits per heavy atom. The van der Waals surface area contributed by atoms with Gasteiger partial charge in [-0.3, -0.25) is 0 Å². The number of hydrogen-bond acceptors (Lipinski definition) is 4. The maximum absolute atomic E-state index is 13.9. The third-order valence-electron chi connectivity index (χ3n) is 6.57. The van der Waals surface area contributed by atoms with Gasteiger partial charge in [-0.25, -0.2) is 24.3 Å². The summed E-state index contributed by atoms with van der Waals surface area (Å²) in [4.78, 5) is 27.0.